The summed E-state index contributed by atoms with van der Waals surface area (Å²) in [5.74, 6) is 0.262. The first-order valence-corrected chi connectivity index (χ1v) is 6.44. The monoisotopic (exact) mass is 308 g/mol. The molecular formula is C12H13BrN4O. The molecule has 0 saturated carbocycles. The van der Waals surface area contributed by atoms with Gasteiger partial charge in [0.2, 0.25) is 0 Å². The number of nitrogens with zero attached hydrogens (tertiary/aromatic N) is 3. The Hall–Kier alpha value is -1.69. The van der Waals surface area contributed by atoms with Crippen LogP contribution in [-0.4, -0.2) is 20.4 Å². The van der Waals surface area contributed by atoms with Crippen LogP contribution in [0.25, 0.3) is 0 Å². The molecule has 2 rings (SSSR count). The minimum atomic E-state index is -0.176. The van der Waals surface area contributed by atoms with Gasteiger partial charge in [-0.1, -0.05) is 6.92 Å². The van der Waals surface area contributed by atoms with E-state index in [2.05, 4.69) is 38.1 Å². The smallest absolute Gasteiger partial charge is 0.273 e. The van der Waals surface area contributed by atoms with Crippen molar-refractivity contribution in [3.05, 3.63) is 41.0 Å². The van der Waals surface area contributed by atoms with Crippen LogP contribution >= 0.6 is 15.9 Å². The van der Waals surface area contributed by atoms with Crippen LogP contribution in [0.4, 0.5) is 5.82 Å². The van der Waals surface area contributed by atoms with Crippen LogP contribution < -0.4 is 5.32 Å². The second-order valence-corrected chi connectivity index (χ2v) is 4.58. The molecule has 0 aliphatic rings. The molecular weight excluding hydrogens is 296 g/mol. The zero-order chi connectivity index (χ0) is 13.0. The topological polar surface area (TPSA) is 59.8 Å². The molecule has 0 aliphatic heterocycles. The number of carbonyl (C=O) groups is 1. The van der Waals surface area contributed by atoms with Crippen molar-refractivity contribution in [1.82, 2.24) is 14.5 Å². The Morgan fingerprint density at radius 2 is 2.28 bits per heavy atom. The highest BCUT2D eigenvalue weighted by Crippen LogP contribution is 2.09. The Balaban J connectivity index is 2.11. The number of anilines is 1. The molecule has 0 radical (unpaired) electrons. The molecule has 5 nitrogen and oxygen atoms in total. The van der Waals surface area contributed by atoms with Crippen LogP contribution in [0.15, 0.2) is 35.3 Å². The summed E-state index contributed by atoms with van der Waals surface area (Å²) in [5, 5.41) is 2.72. The van der Waals surface area contributed by atoms with Crippen molar-refractivity contribution in [2.45, 2.75) is 19.9 Å². The van der Waals surface area contributed by atoms with Gasteiger partial charge in [-0.2, -0.15) is 0 Å². The number of hydrogen-bond donors (Lipinski definition) is 1. The average molecular weight is 309 g/mol. The van der Waals surface area contributed by atoms with Crippen LogP contribution in [0.2, 0.25) is 0 Å². The highest BCUT2D eigenvalue weighted by Gasteiger charge is 2.11. The third kappa shape index (κ3) is 2.95. The molecule has 6 heteroatoms. The normalized spacial score (nSPS) is 10.3. The van der Waals surface area contributed by atoms with E-state index in [0.29, 0.717) is 16.1 Å². The highest BCUT2D eigenvalue weighted by molar-refractivity contribution is 9.10. The van der Waals surface area contributed by atoms with E-state index < -0.39 is 0 Å². The van der Waals surface area contributed by atoms with E-state index in [1.807, 2.05) is 16.8 Å². The lowest BCUT2D eigenvalue weighted by Gasteiger charge is -2.07. The molecule has 18 heavy (non-hydrogen) atoms. The van der Waals surface area contributed by atoms with Crippen LogP contribution in [-0.2, 0) is 6.54 Å². The summed E-state index contributed by atoms with van der Waals surface area (Å²) in [5.41, 5.74) is 0.626. The number of halogens is 1. The lowest BCUT2D eigenvalue weighted by Crippen LogP contribution is -2.17. The lowest BCUT2D eigenvalue weighted by molar-refractivity contribution is 0.101. The summed E-state index contributed by atoms with van der Waals surface area (Å²) in [4.78, 5) is 20.1. The fourth-order valence-electron chi connectivity index (χ4n) is 1.61. The molecule has 0 spiro atoms. The Kier molecular flexibility index (Phi) is 4.09. The minimum absolute atomic E-state index is 0.176. The molecule has 0 bridgehead atoms. The van der Waals surface area contributed by atoms with Crippen molar-refractivity contribution in [1.29, 1.82) is 0 Å². The highest BCUT2D eigenvalue weighted by atomic mass is 79.9. The van der Waals surface area contributed by atoms with E-state index in [0.717, 1.165) is 13.0 Å². The summed E-state index contributed by atoms with van der Waals surface area (Å²) < 4.78 is 2.55. The van der Waals surface area contributed by atoms with Gasteiger partial charge in [-0.25, -0.2) is 9.97 Å². The number of amides is 1. The standard InChI is InChI=1S/C12H13BrN4O/c1-2-5-17-6-3-4-9(17)12(18)16-11-8-14-10(13)7-15-11/h3-4,6-8H,2,5H2,1H3,(H,15,16,18). The van der Waals surface area contributed by atoms with E-state index in [4.69, 9.17) is 0 Å². The van der Waals surface area contributed by atoms with Crippen molar-refractivity contribution in [2.24, 2.45) is 0 Å². The third-order valence-electron chi connectivity index (χ3n) is 2.39. The molecule has 2 aromatic rings. The average Bonchev–Trinajstić information content (AvgIpc) is 2.81. The number of rotatable bonds is 4. The maximum Gasteiger partial charge on any atom is 0.273 e. The van der Waals surface area contributed by atoms with Gasteiger partial charge in [0.1, 0.15) is 10.3 Å². The largest absolute Gasteiger partial charge is 0.344 e. The second kappa shape index (κ2) is 5.77. The Bertz CT molecular complexity index is 535. The van der Waals surface area contributed by atoms with Crippen molar-refractivity contribution in [3.63, 3.8) is 0 Å². The molecule has 0 fully saturated rings. The minimum Gasteiger partial charge on any atom is -0.344 e. The van der Waals surface area contributed by atoms with E-state index in [9.17, 15) is 4.79 Å². The van der Waals surface area contributed by atoms with Crippen molar-refractivity contribution >= 4 is 27.7 Å². The van der Waals surface area contributed by atoms with Crippen molar-refractivity contribution in [3.8, 4) is 0 Å². The first kappa shape index (κ1) is 12.8. The maximum atomic E-state index is 12.0. The van der Waals surface area contributed by atoms with E-state index in [1.54, 1.807) is 12.3 Å². The zero-order valence-electron chi connectivity index (χ0n) is 9.93. The fraction of sp³-hybridized carbons (Fsp3) is 0.250. The van der Waals surface area contributed by atoms with Gasteiger partial charge in [0.25, 0.3) is 5.91 Å². The van der Waals surface area contributed by atoms with Gasteiger partial charge in [-0.3, -0.25) is 4.79 Å². The summed E-state index contributed by atoms with van der Waals surface area (Å²) in [6.07, 6.45) is 5.93. The van der Waals surface area contributed by atoms with E-state index >= 15 is 0 Å². The quantitative estimate of drug-likeness (QED) is 0.944. The summed E-state index contributed by atoms with van der Waals surface area (Å²) in [6, 6.07) is 3.65. The Morgan fingerprint density at radius 3 is 2.94 bits per heavy atom. The molecule has 0 aliphatic carbocycles. The zero-order valence-corrected chi connectivity index (χ0v) is 11.5. The second-order valence-electron chi connectivity index (χ2n) is 3.77. The summed E-state index contributed by atoms with van der Waals surface area (Å²) in [6.45, 7) is 2.89. The summed E-state index contributed by atoms with van der Waals surface area (Å²) >= 11 is 3.19. The summed E-state index contributed by atoms with van der Waals surface area (Å²) in [7, 11) is 0. The first-order chi connectivity index (χ1) is 8.70. The van der Waals surface area contributed by atoms with Crippen molar-refractivity contribution in [2.75, 3.05) is 5.32 Å². The first-order valence-electron chi connectivity index (χ1n) is 5.64. The van der Waals surface area contributed by atoms with Crippen LogP contribution in [0.1, 0.15) is 23.8 Å². The lowest BCUT2D eigenvalue weighted by atomic mass is 10.3. The maximum absolute atomic E-state index is 12.0. The number of hydrogen-bond acceptors (Lipinski definition) is 3. The number of aryl methyl sites for hydroxylation is 1. The molecule has 2 heterocycles. The van der Waals surface area contributed by atoms with Gasteiger partial charge >= 0.3 is 0 Å². The fourth-order valence-corrected chi connectivity index (χ4v) is 1.82. The Morgan fingerprint density at radius 1 is 1.44 bits per heavy atom. The van der Waals surface area contributed by atoms with Crippen LogP contribution in [0.3, 0.4) is 0 Å². The van der Waals surface area contributed by atoms with E-state index in [1.165, 1.54) is 6.20 Å². The molecule has 94 valence electrons. The predicted octanol–water partition coefficient (Wildman–Crippen LogP) is 2.70. The van der Waals surface area contributed by atoms with Gasteiger partial charge in [-0.05, 0) is 34.5 Å². The molecule has 0 unspecified atom stereocenters. The van der Waals surface area contributed by atoms with Gasteiger partial charge < -0.3 is 9.88 Å². The SMILES string of the molecule is CCCn1cccc1C(=O)Nc1cnc(Br)cn1. The van der Waals surface area contributed by atoms with Gasteiger partial charge in [-0.15, -0.1) is 0 Å². The predicted molar refractivity (Wildman–Crippen MR) is 72.4 cm³/mol. The molecule has 1 amide bonds. The molecule has 0 atom stereocenters. The van der Waals surface area contributed by atoms with Crippen molar-refractivity contribution < 1.29 is 4.79 Å². The van der Waals surface area contributed by atoms with Gasteiger partial charge in [0, 0.05) is 12.7 Å². The molecule has 0 saturated heterocycles. The molecule has 2 aromatic heterocycles. The number of nitrogens with one attached hydrogen (secondary N) is 1. The Labute approximate surface area is 113 Å². The van der Waals surface area contributed by atoms with Crippen LogP contribution in [0, 0.1) is 0 Å². The third-order valence-corrected chi connectivity index (χ3v) is 2.80. The van der Waals surface area contributed by atoms with E-state index in [-0.39, 0.29) is 5.91 Å². The van der Waals surface area contributed by atoms with Crippen LogP contribution in [0.5, 0.6) is 0 Å². The number of aromatic nitrogens is 3. The molecule has 1 N–H and O–H groups in total. The van der Waals surface area contributed by atoms with Gasteiger partial charge in [0.05, 0.1) is 12.4 Å². The van der Waals surface area contributed by atoms with Gasteiger partial charge in [0.15, 0.2) is 5.82 Å². The molecule has 0 aromatic carbocycles. The number of carbonyl (C=O) groups excluding carboxylic acids is 1.